The van der Waals surface area contributed by atoms with E-state index < -0.39 is 17.8 Å². The number of amides is 1. The Labute approximate surface area is 153 Å². The van der Waals surface area contributed by atoms with Crippen LogP contribution in [0.4, 0.5) is 5.82 Å². The maximum atomic E-state index is 12.9. The van der Waals surface area contributed by atoms with Crippen LogP contribution in [0.3, 0.4) is 0 Å². The zero-order valence-corrected chi connectivity index (χ0v) is 14.6. The van der Waals surface area contributed by atoms with E-state index >= 15 is 0 Å². The van der Waals surface area contributed by atoms with Crippen LogP contribution in [0.2, 0.25) is 0 Å². The van der Waals surface area contributed by atoms with E-state index in [9.17, 15) is 14.7 Å². The predicted molar refractivity (Wildman–Crippen MR) is 100 cm³/mol. The molecule has 132 valence electrons. The number of allylic oxidation sites excluding steroid dienone is 2. The molecule has 0 radical (unpaired) electrons. The summed E-state index contributed by atoms with van der Waals surface area (Å²) < 4.78 is 1.83. The van der Waals surface area contributed by atoms with E-state index in [0.29, 0.717) is 24.4 Å². The van der Waals surface area contributed by atoms with Gasteiger partial charge in [0.1, 0.15) is 11.5 Å². The normalized spacial score (nSPS) is 19.5. The molecular weight excluding hydrogens is 350 g/mol. The minimum absolute atomic E-state index is 0.285. The first-order chi connectivity index (χ1) is 12.6. The number of hydrogen-bond donors (Lipinski definition) is 2. The lowest BCUT2D eigenvalue weighted by Crippen LogP contribution is -2.35. The Morgan fingerprint density at radius 2 is 1.88 bits per heavy atom. The van der Waals surface area contributed by atoms with Crippen molar-refractivity contribution in [3.8, 4) is 11.3 Å². The highest BCUT2D eigenvalue weighted by molar-refractivity contribution is 7.15. The van der Waals surface area contributed by atoms with Crippen LogP contribution in [0.15, 0.2) is 54.1 Å². The molecule has 1 aliphatic carbocycles. The summed E-state index contributed by atoms with van der Waals surface area (Å²) in [6, 6.07) is 9.63. The predicted octanol–water partition coefficient (Wildman–Crippen LogP) is 3.67. The van der Waals surface area contributed by atoms with E-state index in [-0.39, 0.29) is 5.91 Å². The van der Waals surface area contributed by atoms with Gasteiger partial charge in [-0.2, -0.15) is 0 Å². The molecule has 3 aromatic rings. The fourth-order valence-electron chi connectivity index (χ4n) is 3.29. The number of carbonyl (C=O) groups is 2. The lowest BCUT2D eigenvalue weighted by molar-refractivity contribution is -0.146. The zero-order chi connectivity index (χ0) is 18.1. The van der Waals surface area contributed by atoms with Crippen LogP contribution in [-0.2, 0) is 9.59 Å². The molecule has 0 fully saturated rings. The number of thiazole rings is 1. The summed E-state index contributed by atoms with van der Waals surface area (Å²) in [7, 11) is 0. The minimum atomic E-state index is -0.938. The van der Waals surface area contributed by atoms with Crippen molar-refractivity contribution >= 4 is 34.0 Å². The number of benzene rings is 1. The Kier molecular flexibility index (Phi) is 4.30. The van der Waals surface area contributed by atoms with Crippen molar-refractivity contribution in [1.82, 2.24) is 9.38 Å². The Bertz CT molecular complexity index is 990. The molecule has 2 aromatic heterocycles. The van der Waals surface area contributed by atoms with Gasteiger partial charge in [-0.15, -0.1) is 11.3 Å². The molecule has 2 atom stereocenters. The summed E-state index contributed by atoms with van der Waals surface area (Å²) in [4.78, 5) is 29.8. The summed E-state index contributed by atoms with van der Waals surface area (Å²) in [6.45, 7) is 0. The van der Waals surface area contributed by atoms with Crippen LogP contribution < -0.4 is 5.32 Å². The molecule has 1 amide bonds. The number of anilines is 1. The van der Waals surface area contributed by atoms with E-state index in [4.69, 9.17) is 0 Å². The molecule has 0 spiro atoms. The van der Waals surface area contributed by atoms with Gasteiger partial charge in [0.15, 0.2) is 4.96 Å². The third-order valence-electron chi connectivity index (χ3n) is 4.64. The number of nitrogens with one attached hydrogen (secondary N) is 1. The SMILES string of the molecule is O=C(O)[C@H]1CC=CC[C@@H]1C(=O)Nc1c(-c2ccccc2)nc2sccn12. The number of carboxylic acid groups (broad SMARTS) is 1. The topological polar surface area (TPSA) is 83.7 Å². The van der Waals surface area contributed by atoms with Crippen molar-refractivity contribution in [2.45, 2.75) is 12.8 Å². The van der Waals surface area contributed by atoms with Crippen LogP contribution in [0.25, 0.3) is 16.2 Å². The number of hydrogen-bond acceptors (Lipinski definition) is 4. The van der Waals surface area contributed by atoms with Gasteiger partial charge < -0.3 is 10.4 Å². The third kappa shape index (κ3) is 2.90. The monoisotopic (exact) mass is 367 g/mol. The fraction of sp³-hybridized carbons (Fsp3) is 0.211. The highest BCUT2D eigenvalue weighted by atomic mass is 32.1. The molecule has 0 saturated heterocycles. The zero-order valence-electron chi connectivity index (χ0n) is 13.8. The van der Waals surface area contributed by atoms with Gasteiger partial charge in [-0.3, -0.25) is 14.0 Å². The van der Waals surface area contributed by atoms with Gasteiger partial charge in [-0.05, 0) is 12.8 Å². The molecule has 6 nitrogen and oxygen atoms in total. The van der Waals surface area contributed by atoms with Gasteiger partial charge in [0.2, 0.25) is 5.91 Å². The number of imidazole rings is 1. The number of rotatable bonds is 4. The number of aromatic nitrogens is 2. The van der Waals surface area contributed by atoms with Crippen molar-refractivity contribution in [1.29, 1.82) is 0 Å². The summed E-state index contributed by atoms with van der Waals surface area (Å²) in [6.07, 6.45) is 6.35. The lowest BCUT2D eigenvalue weighted by Gasteiger charge is -2.24. The lowest BCUT2D eigenvalue weighted by atomic mass is 9.82. The smallest absolute Gasteiger partial charge is 0.307 e. The second kappa shape index (κ2) is 6.76. The molecule has 2 heterocycles. The standard InChI is InChI=1S/C19H17N3O3S/c23-17(13-8-4-5-9-14(13)18(24)25)21-16-15(12-6-2-1-3-7-12)20-19-22(16)10-11-26-19/h1-7,10-11,13-14H,8-9H2,(H,21,23)(H,24,25)/t13-,14-/m0/s1. The quantitative estimate of drug-likeness (QED) is 0.689. The van der Waals surface area contributed by atoms with Gasteiger partial charge >= 0.3 is 5.97 Å². The Hall–Kier alpha value is -2.93. The number of carbonyl (C=O) groups excluding carboxylic acids is 1. The van der Waals surface area contributed by atoms with E-state index in [0.717, 1.165) is 10.5 Å². The van der Waals surface area contributed by atoms with Gasteiger partial charge in [0, 0.05) is 17.1 Å². The average Bonchev–Trinajstić information content (AvgIpc) is 3.25. The number of fused-ring (bicyclic) bond motifs is 1. The molecule has 0 saturated carbocycles. The molecular formula is C19H17N3O3S. The molecule has 1 aromatic carbocycles. The largest absolute Gasteiger partial charge is 0.481 e. The molecule has 0 aliphatic heterocycles. The highest BCUT2D eigenvalue weighted by Crippen LogP contribution is 2.33. The number of nitrogens with zero attached hydrogens (tertiary/aromatic N) is 2. The molecule has 7 heteroatoms. The summed E-state index contributed by atoms with van der Waals surface area (Å²) in [5.41, 5.74) is 1.58. The molecule has 4 rings (SSSR count). The number of aliphatic carboxylic acids is 1. The second-order valence-corrected chi connectivity index (χ2v) is 7.09. The van der Waals surface area contributed by atoms with Gasteiger partial charge in [0.05, 0.1) is 11.8 Å². The molecule has 26 heavy (non-hydrogen) atoms. The minimum Gasteiger partial charge on any atom is -0.481 e. The van der Waals surface area contributed by atoms with Crippen LogP contribution in [0.1, 0.15) is 12.8 Å². The second-order valence-electron chi connectivity index (χ2n) is 6.21. The van der Waals surface area contributed by atoms with Gasteiger partial charge in [-0.25, -0.2) is 4.98 Å². The van der Waals surface area contributed by atoms with Crippen LogP contribution in [0.5, 0.6) is 0 Å². The van der Waals surface area contributed by atoms with Crippen molar-refractivity contribution in [3.05, 3.63) is 54.1 Å². The van der Waals surface area contributed by atoms with Crippen molar-refractivity contribution in [2.75, 3.05) is 5.32 Å². The third-order valence-corrected chi connectivity index (χ3v) is 5.39. The van der Waals surface area contributed by atoms with Crippen molar-refractivity contribution in [2.24, 2.45) is 11.8 Å². The van der Waals surface area contributed by atoms with E-state index in [1.807, 2.05) is 58.5 Å². The highest BCUT2D eigenvalue weighted by Gasteiger charge is 2.34. The van der Waals surface area contributed by atoms with Gasteiger partial charge in [0.25, 0.3) is 0 Å². The molecule has 2 N–H and O–H groups in total. The van der Waals surface area contributed by atoms with E-state index in [2.05, 4.69) is 10.3 Å². The number of carboxylic acids is 1. The van der Waals surface area contributed by atoms with Gasteiger partial charge in [-0.1, -0.05) is 42.5 Å². The average molecular weight is 367 g/mol. The molecule has 0 bridgehead atoms. The molecule has 1 aliphatic rings. The first kappa shape index (κ1) is 16.5. The summed E-state index contributed by atoms with van der Waals surface area (Å²) in [5, 5.41) is 14.3. The Morgan fingerprint density at radius 1 is 1.15 bits per heavy atom. The summed E-state index contributed by atoms with van der Waals surface area (Å²) in [5.74, 6) is -1.94. The van der Waals surface area contributed by atoms with Crippen molar-refractivity contribution < 1.29 is 14.7 Å². The first-order valence-corrected chi connectivity index (χ1v) is 9.22. The van der Waals surface area contributed by atoms with Crippen LogP contribution in [0, 0.1) is 11.8 Å². The Balaban J connectivity index is 1.70. The summed E-state index contributed by atoms with van der Waals surface area (Å²) >= 11 is 1.48. The fourth-order valence-corrected chi connectivity index (χ4v) is 4.00. The van der Waals surface area contributed by atoms with E-state index in [1.165, 1.54) is 11.3 Å². The molecule has 0 unspecified atom stereocenters. The van der Waals surface area contributed by atoms with Crippen LogP contribution >= 0.6 is 11.3 Å². The maximum absolute atomic E-state index is 12.9. The van der Waals surface area contributed by atoms with E-state index in [1.54, 1.807) is 0 Å². The van der Waals surface area contributed by atoms with Crippen LogP contribution in [-0.4, -0.2) is 26.4 Å². The Morgan fingerprint density at radius 3 is 2.62 bits per heavy atom. The van der Waals surface area contributed by atoms with Crippen molar-refractivity contribution in [3.63, 3.8) is 0 Å². The first-order valence-electron chi connectivity index (χ1n) is 8.35. The maximum Gasteiger partial charge on any atom is 0.307 e.